The van der Waals surface area contributed by atoms with Gasteiger partial charge in [-0.1, -0.05) is 36.2 Å². The van der Waals surface area contributed by atoms with Crippen molar-refractivity contribution in [2.24, 2.45) is 0 Å². The Morgan fingerprint density at radius 1 is 1.09 bits per heavy atom. The Bertz CT molecular complexity index is 787. The van der Waals surface area contributed by atoms with Crippen molar-refractivity contribution >= 4 is 10.0 Å². The van der Waals surface area contributed by atoms with Crippen LogP contribution in [0.4, 0.5) is 4.39 Å². The first-order chi connectivity index (χ1) is 11.0. The molecule has 0 radical (unpaired) electrons. The maximum Gasteiger partial charge on any atom is 0.243 e. The first kappa shape index (κ1) is 16.1. The van der Waals surface area contributed by atoms with E-state index in [0.29, 0.717) is 6.54 Å². The van der Waals surface area contributed by atoms with Crippen molar-refractivity contribution in [3.8, 4) is 0 Å². The van der Waals surface area contributed by atoms with Crippen molar-refractivity contribution in [1.82, 2.24) is 4.31 Å². The van der Waals surface area contributed by atoms with Crippen LogP contribution < -0.4 is 0 Å². The van der Waals surface area contributed by atoms with E-state index in [1.54, 1.807) is 4.31 Å². The van der Waals surface area contributed by atoms with E-state index < -0.39 is 15.8 Å². The standard InChI is InChI=1S/C18H20FNO2S/c1-14-5-4-6-15(13-14)18-7-2-3-12-20(18)23(21,22)17-10-8-16(19)9-11-17/h4-6,8-11,13,18H,2-3,7,12H2,1H3. The summed E-state index contributed by atoms with van der Waals surface area (Å²) in [6.45, 7) is 2.50. The van der Waals surface area contributed by atoms with Gasteiger partial charge in [-0.3, -0.25) is 0 Å². The molecule has 3 nitrogen and oxygen atoms in total. The lowest BCUT2D eigenvalue weighted by Gasteiger charge is -2.35. The van der Waals surface area contributed by atoms with Crippen LogP contribution in [-0.4, -0.2) is 19.3 Å². The zero-order valence-electron chi connectivity index (χ0n) is 13.1. The van der Waals surface area contributed by atoms with E-state index in [2.05, 4.69) is 0 Å². The van der Waals surface area contributed by atoms with Crippen molar-refractivity contribution < 1.29 is 12.8 Å². The van der Waals surface area contributed by atoms with Crippen LogP contribution in [0.5, 0.6) is 0 Å². The summed E-state index contributed by atoms with van der Waals surface area (Å²) in [7, 11) is -3.62. The molecule has 0 saturated carbocycles. The van der Waals surface area contributed by atoms with E-state index in [-0.39, 0.29) is 10.9 Å². The Labute approximate surface area is 136 Å². The number of benzene rings is 2. The average Bonchev–Trinajstić information content (AvgIpc) is 2.55. The number of rotatable bonds is 3. The van der Waals surface area contributed by atoms with E-state index in [1.165, 1.54) is 24.3 Å². The molecule has 3 rings (SSSR count). The van der Waals surface area contributed by atoms with Gasteiger partial charge < -0.3 is 0 Å². The van der Waals surface area contributed by atoms with Gasteiger partial charge in [-0.25, -0.2) is 12.8 Å². The summed E-state index contributed by atoms with van der Waals surface area (Å²) in [5, 5.41) is 0. The molecule has 1 fully saturated rings. The fraction of sp³-hybridized carbons (Fsp3) is 0.333. The summed E-state index contributed by atoms with van der Waals surface area (Å²) in [6.07, 6.45) is 2.67. The normalized spacial score (nSPS) is 19.7. The van der Waals surface area contributed by atoms with E-state index in [9.17, 15) is 12.8 Å². The van der Waals surface area contributed by atoms with Crippen LogP contribution in [0.15, 0.2) is 53.4 Å². The Hall–Kier alpha value is -1.72. The van der Waals surface area contributed by atoms with Gasteiger partial charge in [-0.2, -0.15) is 4.31 Å². The fourth-order valence-corrected chi connectivity index (χ4v) is 4.83. The average molecular weight is 333 g/mol. The minimum absolute atomic E-state index is 0.151. The van der Waals surface area contributed by atoms with Crippen molar-refractivity contribution in [2.75, 3.05) is 6.54 Å². The number of aryl methyl sites for hydroxylation is 1. The van der Waals surface area contributed by atoms with Crippen LogP contribution >= 0.6 is 0 Å². The van der Waals surface area contributed by atoms with Crippen molar-refractivity contribution in [2.45, 2.75) is 37.1 Å². The van der Waals surface area contributed by atoms with Crippen molar-refractivity contribution in [3.05, 3.63) is 65.5 Å². The third-order valence-electron chi connectivity index (χ3n) is 4.30. The highest BCUT2D eigenvalue weighted by atomic mass is 32.2. The van der Waals surface area contributed by atoms with Crippen LogP contribution in [0.2, 0.25) is 0 Å². The molecule has 0 aromatic heterocycles. The quantitative estimate of drug-likeness (QED) is 0.850. The van der Waals surface area contributed by atoms with Gasteiger partial charge in [0.15, 0.2) is 0 Å². The van der Waals surface area contributed by atoms with E-state index in [1.807, 2.05) is 31.2 Å². The van der Waals surface area contributed by atoms with Gasteiger partial charge >= 0.3 is 0 Å². The lowest BCUT2D eigenvalue weighted by atomic mass is 9.96. The van der Waals surface area contributed by atoms with E-state index in [4.69, 9.17) is 0 Å². The highest BCUT2D eigenvalue weighted by Gasteiger charge is 2.34. The maximum absolute atomic E-state index is 13.1. The summed E-state index contributed by atoms with van der Waals surface area (Å²) in [6, 6.07) is 12.9. The largest absolute Gasteiger partial charge is 0.243 e. The van der Waals surface area contributed by atoms with Gasteiger partial charge in [0.25, 0.3) is 0 Å². The molecule has 5 heteroatoms. The molecule has 1 atom stereocenters. The summed E-state index contributed by atoms with van der Waals surface area (Å²) in [5.41, 5.74) is 2.14. The van der Waals surface area contributed by atoms with Crippen LogP contribution in [0, 0.1) is 12.7 Å². The first-order valence-corrected chi connectivity index (χ1v) is 9.26. The van der Waals surface area contributed by atoms with Gasteiger partial charge in [0.05, 0.1) is 10.9 Å². The second kappa shape index (κ2) is 6.42. The SMILES string of the molecule is Cc1cccc(C2CCCCN2S(=O)(=O)c2ccc(F)cc2)c1. The molecule has 1 aliphatic heterocycles. The summed E-state index contributed by atoms with van der Waals surface area (Å²) < 4.78 is 40.6. The molecular weight excluding hydrogens is 313 g/mol. The van der Waals surface area contributed by atoms with Crippen LogP contribution in [0.3, 0.4) is 0 Å². The minimum Gasteiger partial charge on any atom is -0.207 e. The smallest absolute Gasteiger partial charge is 0.207 e. The molecule has 122 valence electrons. The first-order valence-electron chi connectivity index (χ1n) is 7.82. The monoisotopic (exact) mass is 333 g/mol. The number of sulfonamides is 1. The van der Waals surface area contributed by atoms with Crippen molar-refractivity contribution in [1.29, 1.82) is 0 Å². The molecule has 2 aromatic carbocycles. The summed E-state index contributed by atoms with van der Waals surface area (Å²) in [5.74, 6) is -0.433. The lowest BCUT2D eigenvalue weighted by molar-refractivity contribution is 0.256. The zero-order chi connectivity index (χ0) is 16.4. The molecular formula is C18H20FNO2S. The maximum atomic E-state index is 13.1. The number of piperidine rings is 1. The van der Waals surface area contributed by atoms with Gasteiger partial charge in [0.2, 0.25) is 10.0 Å². The molecule has 0 N–H and O–H groups in total. The second-order valence-corrected chi connectivity index (χ2v) is 7.89. The van der Waals surface area contributed by atoms with Crippen LogP contribution in [0.25, 0.3) is 0 Å². The molecule has 1 saturated heterocycles. The Balaban J connectivity index is 1.99. The molecule has 0 amide bonds. The topological polar surface area (TPSA) is 37.4 Å². The molecule has 0 bridgehead atoms. The number of nitrogens with zero attached hydrogens (tertiary/aromatic N) is 1. The number of hydrogen-bond acceptors (Lipinski definition) is 2. The Morgan fingerprint density at radius 3 is 2.52 bits per heavy atom. The van der Waals surface area contributed by atoms with Crippen LogP contribution in [-0.2, 0) is 10.0 Å². The molecule has 0 spiro atoms. The predicted octanol–water partition coefficient (Wildman–Crippen LogP) is 4.05. The third-order valence-corrected chi connectivity index (χ3v) is 6.22. The van der Waals surface area contributed by atoms with Crippen molar-refractivity contribution in [3.63, 3.8) is 0 Å². The summed E-state index contributed by atoms with van der Waals surface area (Å²) in [4.78, 5) is 0.151. The molecule has 1 heterocycles. The lowest BCUT2D eigenvalue weighted by Crippen LogP contribution is -2.38. The summed E-state index contributed by atoms with van der Waals surface area (Å²) >= 11 is 0. The molecule has 2 aromatic rings. The fourth-order valence-electron chi connectivity index (χ4n) is 3.15. The highest BCUT2D eigenvalue weighted by Crippen LogP contribution is 2.35. The van der Waals surface area contributed by atoms with Gasteiger partial charge in [0, 0.05) is 6.54 Å². The predicted molar refractivity (Wildman–Crippen MR) is 88.1 cm³/mol. The van der Waals surface area contributed by atoms with E-state index >= 15 is 0 Å². The minimum atomic E-state index is -3.62. The molecule has 1 aliphatic rings. The van der Waals surface area contributed by atoms with Gasteiger partial charge in [0.1, 0.15) is 5.82 Å². The van der Waals surface area contributed by atoms with Crippen LogP contribution in [0.1, 0.15) is 36.4 Å². The molecule has 23 heavy (non-hydrogen) atoms. The van der Waals surface area contributed by atoms with Gasteiger partial charge in [-0.15, -0.1) is 0 Å². The molecule has 0 aliphatic carbocycles. The zero-order valence-corrected chi connectivity index (χ0v) is 13.9. The Kier molecular flexibility index (Phi) is 4.50. The third kappa shape index (κ3) is 3.31. The Morgan fingerprint density at radius 2 is 1.83 bits per heavy atom. The van der Waals surface area contributed by atoms with E-state index in [0.717, 1.165) is 30.4 Å². The number of halogens is 1. The number of hydrogen-bond donors (Lipinski definition) is 0. The second-order valence-electron chi connectivity index (χ2n) is 6.00. The van der Waals surface area contributed by atoms with Gasteiger partial charge in [-0.05, 0) is 49.6 Å². The highest BCUT2D eigenvalue weighted by molar-refractivity contribution is 7.89. The molecule has 1 unspecified atom stereocenters.